The zero-order valence-electron chi connectivity index (χ0n) is 10.4. The summed E-state index contributed by atoms with van der Waals surface area (Å²) in [6.45, 7) is 0. The van der Waals surface area contributed by atoms with Crippen molar-refractivity contribution in [1.29, 1.82) is 0 Å². The van der Waals surface area contributed by atoms with E-state index in [9.17, 15) is 9.90 Å². The molecule has 0 saturated heterocycles. The van der Waals surface area contributed by atoms with Crippen LogP contribution in [0.2, 0.25) is 0 Å². The fourth-order valence-electron chi connectivity index (χ4n) is 2.45. The number of aliphatic hydroxyl groups excluding tert-OH is 1. The Morgan fingerprint density at radius 3 is 2.78 bits per heavy atom. The van der Waals surface area contributed by atoms with Gasteiger partial charge >= 0.3 is 5.97 Å². The molecule has 1 fully saturated rings. The predicted octanol–water partition coefficient (Wildman–Crippen LogP) is 1.52. The first-order valence-corrected chi connectivity index (χ1v) is 6.21. The summed E-state index contributed by atoms with van der Waals surface area (Å²) in [4.78, 5) is 16.9. The van der Waals surface area contributed by atoms with E-state index in [1.54, 1.807) is 12.1 Å². The van der Waals surface area contributed by atoms with E-state index in [4.69, 9.17) is 5.11 Å². The first-order valence-electron chi connectivity index (χ1n) is 6.21. The van der Waals surface area contributed by atoms with E-state index in [2.05, 4.69) is 4.98 Å². The van der Waals surface area contributed by atoms with Gasteiger partial charge in [0.05, 0.1) is 12.1 Å². The summed E-state index contributed by atoms with van der Waals surface area (Å²) >= 11 is 0. The van der Waals surface area contributed by atoms with Crippen LogP contribution in [0.15, 0.2) is 18.2 Å². The zero-order chi connectivity index (χ0) is 13.1. The van der Waals surface area contributed by atoms with Crippen molar-refractivity contribution < 1.29 is 15.0 Å². The molecule has 0 aromatic carbocycles. The average molecular weight is 250 g/mol. The molecule has 5 heteroatoms. The van der Waals surface area contributed by atoms with Gasteiger partial charge in [0.1, 0.15) is 5.82 Å². The molecule has 1 aromatic rings. The van der Waals surface area contributed by atoms with Gasteiger partial charge in [-0.2, -0.15) is 0 Å². The summed E-state index contributed by atoms with van der Waals surface area (Å²) in [7, 11) is 1.85. The Bertz CT molecular complexity index is 436. The lowest BCUT2D eigenvalue weighted by Gasteiger charge is -2.35. The molecule has 2 N–H and O–H groups in total. The Labute approximate surface area is 106 Å². The normalized spacial score (nSPS) is 23.7. The van der Waals surface area contributed by atoms with Gasteiger partial charge in [0.15, 0.2) is 5.69 Å². The molecule has 0 radical (unpaired) electrons. The Morgan fingerprint density at radius 2 is 2.11 bits per heavy atom. The monoisotopic (exact) mass is 250 g/mol. The van der Waals surface area contributed by atoms with Crippen LogP contribution in [-0.2, 0) is 0 Å². The number of carbonyl (C=O) groups is 1. The highest BCUT2D eigenvalue weighted by atomic mass is 16.4. The van der Waals surface area contributed by atoms with E-state index in [1.165, 1.54) is 6.07 Å². The predicted molar refractivity (Wildman–Crippen MR) is 67.9 cm³/mol. The standard InChI is InChI=1S/C13H18N2O3/c1-15(10-6-2-3-7-11(10)16)12-8-4-5-9(14-12)13(17)18/h4-5,8,10-11,16H,2-3,6-7H2,1H3,(H,17,18). The third-order valence-corrected chi connectivity index (χ3v) is 3.51. The van der Waals surface area contributed by atoms with Crippen molar-refractivity contribution in [3.05, 3.63) is 23.9 Å². The lowest BCUT2D eigenvalue weighted by atomic mass is 9.91. The van der Waals surface area contributed by atoms with Crippen molar-refractivity contribution in [2.24, 2.45) is 0 Å². The molecule has 0 bridgehead atoms. The minimum atomic E-state index is -1.03. The first-order chi connectivity index (χ1) is 8.59. The molecule has 1 saturated carbocycles. The number of anilines is 1. The van der Waals surface area contributed by atoms with Crippen LogP contribution in [0.25, 0.3) is 0 Å². The van der Waals surface area contributed by atoms with Crippen LogP contribution in [0.5, 0.6) is 0 Å². The highest BCUT2D eigenvalue weighted by Crippen LogP contribution is 2.25. The van der Waals surface area contributed by atoms with E-state index in [1.807, 2.05) is 11.9 Å². The van der Waals surface area contributed by atoms with Gasteiger partial charge in [0, 0.05) is 7.05 Å². The van der Waals surface area contributed by atoms with Crippen molar-refractivity contribution in [2.75, 3.05) is 11.9 Å². The number of carboxylic acid groups (broad SMARTS) is 1. The summed E-state index contributed by atoms with van der Waals surface area (Å²) < 4.78 is 0. The summed E-state index contributed by atoms with van der Waals surface area (Å²) in [5.74, 6) is -0.435. The SMILES string of the molecule is CN(c1cccc(C(=O)O)n1)C1CCCCC1O. The fourth-order valence-corrected chi connectivity index (χ4v) is 2.45. The summed E-state index contributed by atoms with van der Waals surface area (Å²) in [6, 6.07) is 4.94. The number of nitrogens with zero attached hydrogens (tertiary/aromatic N) is 2. The van der Waals surface area contributed by atoms with E-state index < -0.39 is 5.97 Å². The Hall–Kier alpha value is -1.62. The molecule has 1 aromatic heterocycles. The third kappa shape index (κ3) is 2.61. The topological polar surface area (TPSA) is 73.7 Å². The van der Waals surface area contributed by atoms with Crippen LogP contribution < -0.4 is 4.90 Å². The third-order valence-electron chi connectivity index (χ3n) is 3.51. The second kappa shape index (κ2) is 5.35. The second-order valence-corrected chi connectivity index (χ2v) is 4.72. The molecular weight excluding hydrogens is 232 g/mol. The molecule has 1 aliphatic rings. The fraction of sp³-hybridized carbons (Fsp3) is 0.538. The van der Waals surface area contributed by atoms with Crippen molar-refractivity contribution in [3.63, 3.8) is 0 Å². The number of aliphatic hydroxyl groups is 1. The molecule has 2 unspecified atom stereocenters. The molecule has 98 valence electrons. The lowest BCUT2D eigenvalue weighted by Crippen LogP contribution is -2.43. The van der Waals surface area contributed by atoms with Crippen LogP contribution >= 0.6 is 0 Å². The molecule has 18 heavy (non-hydrogen) atoms. The first kappa shape index (κ1) is 12.8. The Kier molecular flexibility index (Phi) is 3.81. The molecule has 2 atom stereocenters. The summed E-state index contributed by atoms with van der Waals surface area (Å²) in [6.07, 6.45) is 3.49. The Morgan fingerprint density at radius 1 is 1.39 bits per heavy atom. The Balaban J connectivity index is 2.19. The molecule has 0 aliphatic heterocycles. The van der Waals surface area contributed by atoms with Gasteiger partial charge in [-0.3, -0.25) is 0 Å². The minimum Gasteiger partial charge on any atom is -0.477 e. The molecule has 1 aliphatic carbocycles. The minimum absolute atomic E-state index is 0.0234. The van der Waals surface area contributed by atoms with Gasteiger partial charge in [-0.05, 0) is 25.0 Å². The smallest absolute Gasteiger partial charge is 0.354 e. The van der Waals surface area contributed by atoms with Crippen molar-refractivity contribution >= 4 is 11.8 Å². The number of aromatic nitrogens is 1. The number of carboxylic acids is 1. The zero-order valence-corrected chi connectivity index (χ0v) is 10.4. The van der Waals surface area contributed by atoms with E-state index in [0.717, 1.165) is 25.7 Å². The number of likely N-dealkylation sites (N-methyl/N-ethyl adjacent to an activating group) is 1. The van der Waals surface area contributed by atoms with Crippen molar-refractivity contribution in [3.8, 4) is 0 Å². The second-order valence-electron chi connectivity index (χ2n) is 4.72. The molecule has 1 heterocycles. The number of pyridine rings is 1. The van der Waals surface area contributed by atoms with Gasteiger partial charge < -0.3 is 15.1 Å². The van der Waals surface area contributed by atoms with Gasteiger partial charge in [0.2, 0.25) is 0 Å². The largest absolute Gasteiger partial charge is 0.477 e. The van der Waals surface area contributed by atoms with Crippen LogP contribution in [0.1, 0.15) is 36.2 Å². The number of aromatic carboxylic acids is 1. The van der Waals surface area contributed by atoms with Gasteiger partial charge in [-0.1, -0.05) is 18.9 Å². The summed E-state index contributed by atoms with van der Waals surface area (Å²) in [5.41, 5.74) is 0.0321. The highest BCUT2D eigenvalue weighted by molar-refractivity contribution is 5.85. The van der Waals surface area contributed by atoms with Crippen molar-refractivity contribution in [1.82, 2.24) is 4.98 Å². The molecular formula is C13H18N2O3. The number of hydrogen-bond acceptors (Lipinski definition) is 4. The van der Waals surface area contributed by atoms with Crippen LogP contribution in [0.3, 0.4) is 0 Å². The van der Waals surface area contributed by atoms with Gasteiger partial charge in [-0.25, -0.2) is 9.78 Å². The van der Waals surface area contributed by atoms with Crippen LogP contribution in [0, 0.1) is 0 Å². The number of hydrogen-bond donors (Lipinski definition) is 2. The molecule has 0 amide bonds. The van der Waals surface area contributed by atoms with E-state index in [0.29, 0.717) is 5.82 Å². The van der Waals surface area contributed by atoms with Gasteiger partial charge in [-0.15, -0.1) is 0 Å². The lowest BCUT2D eigenvalue weighted by molar-refractivity contribution is 0.0690. The molecule has 5 nitrogen and oxygen atoms in total. The maximum atomic E-state index is 10.9. The maximum Gasteiger partial charge on any atom is 0.354 e. The average Bonchev–Trinajstić information content (AvgIpc) is 2.38. The number of rotatable bonds is 3. The summed E-state index contributed by atoms with van der Waals surface area (Å²) in [5, 5.41) is 18.9. The van der Waals surface area contributed by atoms with Crippen molar-refractivity contribution in [2.45, 2.75) is 37.8 Å². The maximum absolute atomic E-state index is 10.9. The van der Waals surface area contributed by atoms with E-state index in [-0.39, 0.29) is 17.8 Å². The van der Waals surface area contributed by atoms with Crippen LogP contribution in [-0.4, -0.2) is 40.4 Å². The molecule has 2 rings (SSSR count). The quantitative estimate of drug-likeness (QED) is 0.850. The van der Waals surface area contributed by atoms with Crippen LogP contribution in [0.4, 0.5) is 5.82 Å². The van der Waals surface area contributed by atoms with E-state index >= 15 is 0 Å². The van der Waals surface area contributed by atoms with Gasteiger partial charge in [0.25, 0.3) is 0 Å². The molecule has 0 spiro atoms. The highest BCUT2D eigenvalue weighted by Gasteiger charge is 2.27.